The molecule has 10 heteroatoms. The molecule has 0 aliphatic rings. The van der Waals surface area contributed by atoms with Crippen LogP contribution >= 0.6 is 24.8 Å². The van der Waals surface area contributed by atoms with E-state index < -0.39 is 0 Å². The van der Waals surface area contributed by atoms with Crippen LogP contribution in [0.15, 0.2) is 12.7 Å². The zero-order valence-corrected chi connectivity index (χ0v) is 13.1. The second-order valence-corrected chi connectivity index (χ2v) is 4.16. The highest BCUT2D eigenvalue weighted by Crippen LogP contribution is 2.13. The van der Waals surface area contributed by atoms with Crippen molar-refractivity contribution in [2.75, 3.05) is 38.6 Å². The third-order valence-electron chi connectivity index (χ3n) is 2.92. The molecule has 0 unspecified atom stereocenters. The van der Waals surface area contributed by atoms with E-state index in [-0.39, 0.29) is 38.0 Å². The van der Waals surface area contributed by atoms with E-state index in [4.69, 9.17) is 15.9 Å². The Morgan fingerprint density at radius 2 is 1.71 bits per heavy atom. The summed E-state index contributed by atoms with van der Waals surface area (Å²) in [5.41, 5.74) is 7.01. The van der Waals surface area contributed by atoms with Crippen LogP contribution in [0, 0.1) is 0 Å². The lowest BCUT2D eigenvalue weighted by Crippen LogP contribution is -2.32. The maximum absolute atomic E-state index is 8.95. The third kappa shape index (κ3) is 4.94. The van der Waals surface area contributed by atoms with Crippen molar-refractivity contribution in [3.63, 3.8) is 0 Å². The number of nitrogen functional groups attached to an aromatic ring is 1. The van der Waals surface area contributed by atoms with Crippen molar-refractivity contribution in [2.45, 2.75) is 6.54 Å². The summed E-state index contributed by atoms with van der Waals surface area (Å²) in [5, 5.41) is 17.9. The van der Waals surface area contributed by atoms with E-state index in [2.05, 4.69) is 15.0 Å². The number of rotatable bonds is 7. The van der Waals surface area contributed by atoms with E-state index in [1.807, 2.05) is 9.47 Å². The molecular formula is C11H20Cl2N6O2. The zero-order valence-electron chi connectivity index (χ0n) is 11.4. The van der Waals surface area contributed by atoms with Crippen molar-refractivity contribution in [3.8, 4) is 0 Å². The number of fused-ring (bicyclic) bond motifs is 1. The number of anilines is 1. The lowest BCUT2D eigenvalue weighted by Gasteiger charge is -2.20. The number of aliphatic hydroxyl groups is 2. The van der Waals surface area contributed by atoms with Crippen molar-refractivity contribution in [2.24, 2.45) is 0 Å². The van der Waals surface area contributed by atoms with Gasteiger partial charge in [-0.25, -0.2) is 15.0 Å². The summed E-state index contributed by atoms with van der Waals surface area (Å²) >= 11 is 0. The Morgan fingerprint density at radius 3 is 2.33 bits per heavy atom. The van der Waals surface area contributed by atoms with Crippen LogP contribution in [0.25, 0.3) is 11.2 Å². The van der Waals surface area contributed by atoms with Gasteiger partial charge >= 0.3 is 0 Å². The normalized spacial score (nSPS) is 10.4. The van der Waals surface area contributed by atoms with Crippen molar-refractivity contribution in [1.29, 1.82) is 0 Å². The molecule has 2 heterocycles. The van der Waals surface area contributed by atoms with Crippen molar-refractivity contribution in [3.05, 3.63) is 12.7 Å². The first-order chi connectivity index (χ1) is 9.26. The lowest BCUT2D eigenvalue weighted by molar-refractivity contribution is 0.157. The molecule has 0 amide bonds. The average Bonchev–Trinajstić information content (AvgIpc) is 2.81. The Labute approximate surface area is 134 Å². The molecule has 0 saturated carbocycles. The fraction of sp³-hybridized carbons (Fsp3) is 0.545. The van der Waals surface area contributed by atoms with E-state index in [9.17, 15) is 0 Å². The number of hydrogen-bond acceptors (Lipinski definition) is 7. The minimum Gasteiger partial charge on any atom is -0.395 e. The van der Waals surface area contributed by atoms with E-state index >= 15 is 0 Å². The maximum atomic E-state index is 8.95. The number of imidazole rings is 1. The fourth-order valence-corrected chi connectivity index (χ4v) is 1.93. The molecule has 21 heavy (non-hydrogen) atoms. The number of nitrogens with two attached hydrogens (primary N) is 1. The Kier molecular flexibility index (Phi) is 9.14. The van der Waals surface area contributed by atoms with E-state index in [1.165, 1.54) is 6.33 Å². The van der Waals surface area contributed by atoms with Gasteiger partial charge in [0.15, 0.2) is 11.5 Å². The van der Waals surface area contributed by atoms with Crippen LogP contribution in [0.5, 0.6) is 0 Å². The van der Waals surface area contributed by atoms with E-state index in [0.29, 0.717) is 43.2 Å². The Hall–Kier alpha value is -1.19. The maximum Gasteiger partial charge on any atom is 0.165 e. The molecule has 0 fully saturated rings. The van der Waals surface area contributed by atoms with Gasteiger partial charge in [-0.05, 0) is 0 Å². The van der Waals surface area contributed by atoms with Crippen LogP contribution in [0.2, 0.25) is 0 Å². The molecule has 0 radical (unpaired) electrons. The van der Waals surface area contributed by atoms with Gasteiger partial charge in [0.1, 0.15) is 11.8 Å². The van der Waals surface area contributed by atoms with Gasteiger partial charge in [-0.1, -0.05) is 0 Å². The van der Waals surface area contributed by atoms with Gasteiger partial charge in [-0.2, -0.15) is 0 Å². The summed E-state index contributed by atoms with van der Waals surface area (Å²) < 4.78 is 1.88. The van der Waals surface area contributed by atoms with Crippen molar-refractivity contribution >= 4 is 41.8 Å². The molecule has 120 valence electrons. The third-order valence-corrected chi connectivity index (χ3v) is 2.92. The molecule has 0 aromatic carbocycles. The topological polar surface area (TPSA) is 113 Å². The summed E-state index contributed by atoms with van der Waals surface area (Å²) in [7, 11) is 0. The largest absolute Gasteiger partial charge is 0.395 e. The highest BCUT2D eigenvalue weighted by atomic mass is 35.5. The van der Waals surface area contributed by atoms with Crippen molar-refractivity contribution in [1.82, 2.24) is 24.4 Å². The summed E-state index contributed by atoms with van der Waals surface area (Å²) in [6, 6.07) is 0. The van der Waals surface area contributed by atoms with Gasteiger partial charge in [-0.15, -0.1) is 24.8 Å². The van der Waals surface area contributed by atoms with Crippen LogP contribution in [0.1, 0.15) is 0 Å². The molecule has 2 rings (SSSR count). The van der Waals surface area contributed by atoms with Gasteiger partial charge in [0.2, 0.25) is 0 Å². The van der Waals surface area contributed by atoms with Crippen LogP contribution in [0.3, 0.4) is 0 Å². The molecule has 0 spiro atoms. The van der Waals surface area contributed by atoms with Crippen LogP contribution in [-0.4, -0.2) is 67.5 Å². The smallest absolute Gasteiger partial charge is 0.165 e. The monoisotopic (exact) mass is 338 g/mol. The van der Waals surface area contributed by atoms with Crippen molar-refractivity contribution < 1.29 is 10.2 Å². The predicted octanol–water partition coefficient (Wildman–Crippen LogP) is -0.461. The lowest BCUT2D eigenvalue weighted by atomic mass is 10.4. The number of aliphatic hydroxyl groups excluding tert-OH is 2. The number of hydrogen-bond donors (Lipinski definition) is 3. The van der Waals surface area contributed by atoms with Crippen LogP contribution < -0.4 is 5.73 Å². The summed E-state index contributed by atoms with van der Waals surface area (Å²) in [6.07, 6.45) is 3.08. The van der Waals surface area contributed by atoms with Gasteiger partial charge in [0.25, 0.3) is 0 Å². The highest BCUT2D eigenvalue weighted by Gasteiger charge is 2.09. The average molecular weight is 339 g/mol. The minimum absolute atomic E-state index is 0. The molecule has 0 aliphatic carbocycles. The molecule has 8 nitrogen and oxygen atoms in total. The molecule has 2 aromatic heterocycles. The van der Waals surface area contributed by atoms with E-state index in [1.54, 1.807) is 6.33 Å². The fourth-order valence-electron chi connectivity index (χ4n) is 1.93. The Balaban J connectivity index is 0.00000200. The summed E-state index contributed by atoms with van der Waals surface area (Å²) in [5.74, 6) is 0.367. The van der Waals surface area contributed by atoms with Crippen LogP contribution in [0.4, 0.5) is 5.82 Å². The number of halogens is 2. The molecule has 4 N–H and O–H groups in total. The van der Waals surface area contributed by atoms with Gasteiger partial charge < -0.3 is 20.5 Å². The van der Waals surface area contributed by atoms with Gasteiger partial charge in [0.05, 0.1) is 19.5 Å². The molecule has 0 aliphatic heterocycles. The second kappa shape index (κ2) is 9.69. The number of aromatic nitrogens is 4. The molecule has 0 bridgehead atoms. The molecule has 0 atom stereocenters. The SMILES string of the molecule is Cl.Cl.Nc1ncnc2c1ncn2CCN(CCO)CCO. The Bertz CT molecular complexity index is 532. The molecule has 2 aromatic rings. The Morgan fingerprint density at radius 1 is 1.05 bits per heavy atom. The van der Waals surface area contributed by atoms with Crippen LogP contribution in [-0.2, 0) is 6.54 Å². The standard InChI is InChI=1S/C11H18N6O2.2ClH/c12-10-9-11(14-7-13-10)17(8-15-9)2-1-16(3-5-18)4-6-19;;/h7-8,18-19H,1-6H2,(H2,12,13,14);2*1H. The highest BCUT2D eigenvalue weighted by molar-refractivity contribution is 5.85. The molecular weight excluding hydrogens is 319 g/mol. The quantitative estimate of drug-likeness (QED) is 0.625. The predicted molar refractivity (Wildman–Crippen MR) is 84.8 cm³/mol. The summed E-state index contributed by atoms with van der Waals surface area (Å²) in [4.78, 5) is 14.2. The second-order valence-electron chi connectivity index (χ2n) is 4.16. The summed E-state index contributed by atoms with van der Waals surface area (Å²) in [6.45, 7) is 2.55. The zero-order chi connectivity index (χ0) is 13.7. The first-order valence-electron chi connectivity index (χ1n) is 6.11. The number of nitrogens with zero attached hydrogens (tertiary/aromatic N) is 5. The van der Waals surface area contributed by atoms with Gasteiger partial charge in [0, 0.05) is 26.2 Å². The first kappa shape index (κ1) is 19.8. The molecule has 0 saturated heterocycles. The minimum atomic E-state index is 0. The first-order valence-corrected chi connectivity index (χ1v) is 6.11. The van der Waals surface area contributed by atoms with E-state index in [0.717, 1.165) is 0 Å². The van der Waals surface area contributed by atoms with Gasteiger partial charge in [-0.3, -0.25) is 4.90 Å².